The molecular weight excluding hydrogens is 420 g/mol. The van der Waals surface area contributed by atoms with E-state index in [9.17, 15) is 19.7 Å². The molecule has 0 saturated carbocycles. The van der Waals surface area contributed by atoms with Crippen LogP contribution in [0.2, 0.25) is 0 Å². The van der Waals surface area contributed by atoms with E-state index in [2.05, 4.69) is 0 Å². The summed E-state index contributed by atoms with van der Waals surface area (Å²) in [5, 5.41) is 11.9. The maximum absolute atomic E-state index is 13.6. The molecule has 2 aromatic rings. The third-order valence-corrected chi connectivity index (χ3v) is 6.40. The summed E-state index contributed by atoms with van der Waals surface area (Å²) in [5.74, 6) is -0.236. The summed E-state index contributed by atoms with van der Waals surface area (Å²) < 4.78 is 5.44. The van der Waals surface area contributed by atoms with Crippen LogP contribution in [0.25, 0.3) is 0 Å². The van der Waals surface area contributed by atoms with Crippen molar-refractivity contribution in [2.24, 2.45) is 5.41 Å². The van der Waals surface area contributed by atoms with E-state index < -0.39 is 4.92 Å². The van der Waals surface area contributed by atoms with Crippen molar-refractivity contribution in [2.75, 3.05) is 11.5 Å². The molecule has 7 heteroatoms. The number of carbonyl (C=O) groups is 2. The molecule has 0 spiro atoms. The fraction of sp³-hybridized carbons (Fsp3) is 0.385. The van der Waals surface area contributed by atoms with Crippen LogP contribution < -0.4 is 9.64 Å². The SMILES string of the molecule is CCOc1ccc(N2C(=O)CC(c3ccccc3C)C3=C2CC(C)(C)CC3=O)c([N+](=O)[O-])c1. The highest BCUT2D eigenvalue weighted by Crippen LogP contribution is 2.50. The zero-order valence-corrected chi connectivity index (χ0v) is 19.4. The van der Waals surface area contributed by atoms with E-state index in [1.165, 1.54) is 11.0 Å². The van der Waals surface area contributed by atoms with Gasteiger partial charge in [0.25, 0.3) is 5.69 Å². The molecule has 1 amide bonds. The van der Waals surface area contributed by atoms with Gasteiger partial charge >= 0.3 is 0 Å². The lowest BCUT2D eigenvalue weighted by Gasteiger charge is -2.43. The summed E-state index contributed by atoms with van der Waals surface area (Å²) in [4.78, 5) is 39.9. The standard InChI is InChI=1S/C26H28N2O5/c1-5-33-17-10-11-20(21(12-17)28(31)32)27-22-14-26(3,4)15-23(29)25(22)19(13-24(27)30)18-9-7-6-8-16(18)2/h6-12,19H,5,13-15H2,1-4H3. The Balaban J connectivity index is 1.94. The Hall–Kier alpha value is -3.48. The molecule has 0 radical (unpaired) electrons. The summed E-state index contributed by atoms with van der Waals surface area (Å²) in [6.45, 7) is 8.12. The molecule has 33 heavy (non-hydrogen) atoms. The molecule has 1 atom stereocenters. The van der Waals surface area contributed by atoms with Crippen LogP contribution in [0.5, 0.6) is 5.75 Å². The van der Waals surface area contributed by atoms with Gasteiger partial charge < -0.3 is 4.74 Å². The van der Waals surface area contributed by atoms with Crippen LogP contribution in [0, 0.1) is 22.5 Å². The summed E-state index contributed by atoms with van der Waals surface area (Å²) in [7, 11) is 0. The second kappa shape index (κ2) is 8.46. The summed E-state index contributed by atoms with van der Waals surface area (Å²) in [5.41, 5.74) is 2.75. The number of ether oxygens (including phenoxy) is 1. The first-order valence-electron chi connectivity index (χ1n) is 11.2. The minimum Gasteiger partial charge on any atom is -0.494 e. The Bertz CT molecular complexity index is 1180. The van der Waals surface area contributed by atoms with E-state index in [0.29, 0.717) is 36.5 Å². The number of aryl methyl sites for hydroxylation is 1. The minimum absolute atomic E-state index is 0.000549. The van der Waals surface area contributed by atoms with E-state index in [0.717, 1.165) is 11.1 Å². The first-order chi connectivity index (χ1) is 15.6. The normalized spacial score (nSPS) is 20.0. The molecule has 2 aromatic carbocycles. The Kier molecular flexibility index (Phi) is 5.82. The van der Waals surface area contributed by atoms with Crippen LogP contribution in [0.3, 0.4) is 0 Å². The molecule has 0 aromatic heterocycles. The first kappa shape index (κ1) is 22.7. The smallest absolute Gasteiger partial charge is 0.297 e. The van der Waals surface area contributed by atoms with Gasteiger partial charge in [-0.3, -0.25) is 24.6 Å². The number of anilines is 1. The fourth-order valence-corrected chi connectivity index (χ4v) is 5.03. The van der Waals surface area contributed by atoms with Crippen molar-refractivity contribution in [1.29, 1.82) is 0 Å². The molecule has 1 aliphatic heterocycles. The molecule has 2 aliphatic rings. The molecule has 0 bridgehead atoms. The second-order valence-electron chi connectivity index (χ2n) is 9.48. The molecule has 1 unspecified atom stereocenters. The van der Waals surface area contributed by atoms with Crippen molar-refractivity contribution < 1.29 is 19.2 Å². The number of allylic oxidation sites excluding steroid dienone is 2. The van der Waals surface area contributed by atoms with Crippen LogP contribution in [0.1, 0.15) is 57.1 Å². The van der Waals surface area contributed by atoms with E-state index >= 15 is 0 Å². The van der Waals surface area contributed by atoms with Gasteiger partial charge in [0, 0.05) is 30.0 Å². The van der Waals surface area contributed by atoms with Crippen LogP contribution in [-0.4, -0.2) is 23.2 Å². The van der Waals surface area contributed by atoms with E-state index in [-0.39, 0.29) is 40.8 Å². The number of Topliss-reactive ketones (excluding diaryl/α,β-unsaturated/α-hetero) is 1. The number of benzene rings is 2. The Morgan fingerprint density at radius 3 is 2.55 bits per heavy atom. The van der Waals surface area contributed by atoms with Crippen LogP contribution in [0.4, 0.5) is 11.4 Å². The molecule has 0 N–H and O–H groups in total. The van der Waals surface area contributed by atoms with Crippen molar-refractivity contribution >= 4 is 23.1 Å². The van der Waals surface area contributed by atoms with Crippen molar-refractivity contribution in [2.45, 2.75) is 52.9 Å². The number of hydrogen-bond donors (Lipinski definition) is 0. The number of carbonyl (C=O) groups excluding carboxylic acids is 2. The third kappa shape index (κ3) is 4.15. The van der Waals surface area contributed by atoms with Crippen molar-refractivity contribution in [3.8, 4) is 5.75 Å². The van der Waals surface area contributed by atoms with Crippen LogP contribution in [0.15, 0.2) is 53.7 Å². The molecule has 1 aliphatic carbocycles. The van der Waals surface area contributed by atoms with Gasteiger partial charge in [0.1, 0.15) is 11.4 Å². The van der Waals surface area contributed by atoms with E-state index in [1.54, 1.807) is 19.1 Å². The topological polar surface area (TPSA) is 89.8 Å². The quantitative estimate of drug-likeness (QED) is 0.447. The van der Waals surface area contributed by atoms with Gasteiger partial charge in [-0.25, -0.2) is 0 Å². The summed E-state index contributed by atoms with van der Waals surface area (Å²) in [6, 6.07) is 12.3. The molecule has 4 rings (SSSR count). The lowest BCUT2D eigenvalue weighted by Crippen LogP contribution is -2.44. The summed E-state index contributed by atoms with van der Waals surface area (Å²) >= 11 is 0. The average molecular weight is 449 g/mol. The number of rotatable bonds is 5. The Morgan fingerprint density at radius 2 is 1.88 bits per heavy atom. The fourth-order valence-electron chi connectivity index (χ4n) is 5.03. The number of ketones is 1. The average Bonchev–Trinajstić information content (AvgIpc) is 2.73. The highest BCUT2D eigenvalue weighted by molar-refractivity contribution is 6.08. The predicted molar refractivity (Wildman–Crippen MR) is 125 cm³/mol. The zero-order chi connectivity index (χ0) is 23.9. The summed E-state index contributed by atoms with van der Waals surface area (Å²) in [6.07, 6.45) is 0.939. The van der Waals surface area contributed by atoms with Gasteiger partial charge in [-0.05, 0) is 48.9 Å². The minimum atomic E-state index is -0.505. The van der Waals surface area contributed by atoms with Gasteiger partial charge in [0.15, 0.2) is 5.78 Å². The largest absolute Gasteiger partial charge is 0.494 e. The van der Waals surface area contributed by atoms with Gasteiger partial charge in [0.2, 0.25) is 5.91 Å². The molecule has 172 valence electrons. The molecule has 1 heterocycles. The number of nitro groups is 1. The maximum Gasteiger partial charge on any atom is 0.297 e. The first-order valence-corrected chi connectivity index (χ1v) is 11.2. The van der Waals surface area contributed by atoms with Crippen LogP contribution in [-0.2, 0) is 9.59 Å². The molecule has 0 saturated heterocycles. The van der Waals surface area contributed by atoms with Gasteiger partial charge in [-0.15, -0.1) is 0 Å². The van der Waals surface area contributed by atoms with Crippen molar-refractivity contribution in [3.63, 3.8) is 0 Å². The van der Waals surface area contributed by atoms with E-state index in [1.807, 2.05) is 45.0 Å². The van der Waals surface area contributed by atoms with E-state index in [4.69, 9.17) is 4.74 Å². The number of nitrogens with zero attached hydrogens (tertiary/aromatic N) is 2. The predicted octanol–water partition coefficient (Wildman–Crippen LogP) is 5.47. The molecule has 0 fully saturated rings. The van der Waals surface area contributed by atoms with Gasteiger partial charge in [-0.2, -0.15) is 0 Å². The monoisotopic (exact) mass is 448 g/mol. The lowest BCUT2D eigenvalue weighted by atomic mass is 9.69. The lowest BCUT2D eigenvalue weighted by molar-refractivity contribution is -0.384. The van der Waals surface area contributed by atoms with Crippen molar-refractivity contribution in [3.05, 3.63) is 75.0 Å². The van der Waals surface area contributed by atoms with Crippen molar-refractivity contribution in [1.82, 2.24) is 0 Å². The molecular formula is C26H28N2O5. The maximum atomic E-state index is 13.6. The number of nitro benzene ring substituents is 1. The third-order valence-electron chi connectivity index (χ3n) is 6.40. The Labute approximate surface area is 193 Å². The highest BCUT2D eigenvalue weighted by Gasteiger charge is 2.45. The van der Waals surface area contributed by atoms with Gasteiger partial charge in [0.05, 0.1) is 17.6 Å². The number of amides is 1. The number of hydrogen-bond acceptors (Lipinski definition) is 5. The second-order valence-corrected chi connectivity index (χ2v) is 9.48. The zero-order valence-electron chi connectivity index (χ0n) is 19.4. The van der Waals surface area contributed by atoms with Crippen LogP contribution >= 0.6 is 0 Å². The Morgan fingerprint density at radius 1 is 1.15 bits per heavy atom. The van der Waals surface area contributed by atoms with Gasteiger partial charge in [-0.1, -0.05) is 38.1 Å². The highest BCUT2D eigenvalue weighted by atomic mass is 16.6. The molecule has 7 nitrogen and oxygen atoms in total.